The Kier molecular flexibility index (Phi) is 32.9. The van der Waals surface area contributed by atoms with Crippen molar-refractivity contribution in [1.82, 2.24) is 0 Å². The lowest BCUT2D eigenvalue weighted by Gasteiger charge is -2.56. The molecular formula is C110H202. The minimum Gasteiger partial charge on any atom is -0.0649 e. The monoisotopic (exact) mass is 1520 g/mol. The predicted molar refractivity (Wildman–Crippen MR) is 487 cm³/mol. The summed E-state index contributed by atoms with van der Waals surface area (Å²) < 4.78 is 0. The van der Waals surface area contributed by atoms with Crippen LogP contribution in [-0.2, 0) is 0 Å². The average Bonchev–Trinajstić information content (AvgIpc) is 0.924. The molecule has 642 valence electrons. The van der Waals surface area contributed by atoms with Gasteiger partial charge in [-0.1, -0.05) is 262 Å². The van der Waals surface area contributed by atoms with E-state index in [9.17, 15) is 0 Å². The molecule has 24 fully saturated rings. The van der Waals surface area contributed by atoms with Crippen LogP contribution in [0.2, 0.25) is 0 Å². The van der Waals surface area contributed by atoms with Crippen LogP contribution in [0.25, 0.3) is 0 Å². The van der Waals surface area contributed by atoms with Gasteiger partial charge in [0.1, 0.15) is 0 Å². The molecule has 1 unspecified atom stereocenters. The summed E-state index contributed by atoms with van der Waals surface area (Å²) in [6.07, 6.45) is 87.1. The first-order valence-electron chi connectivity index (χ1n) is 51.6. The molecule has 24 aliphatic rings. The van der Waals surface area contributed by atoms with Gasteiger partial charge in [-0.25, -0.2) is 0 Å². The highest BCUT2D eigenvalue weighted by Crippen LogP contribution is 2.64. The molecular weight excluding hydrogens is 1320 g/mol. The van der Waals surface area contributed by atoms with E-state index in [-0.39, 0.29) is 0 Å². The van der Waals surface area contributed by atoms with Crippen molar-refractivity contribution in [1.29, 1.82) is 0 Å². The maximum absolute atomic E-state index is 2.49. The van der Waals surface area contributed by atoms with E-state index >= 15 is 0 Å². The number of fused-ring (bicyclic) bond motifs is 12. The highest BCUT2D eigenvalue weighted by atomic mass is 14.6. The maximum Gasteiger partial charge on any atom is -0.0287 e. The van der Waals surface area contributed by atoms with E-state index in [1.807, 2.05) is 0 Å². The third-order valence-corrected chi connectivity index (χ3v) is 39.5. The number of rotatable bonds is 1. The van der Waals surface area contributed by atoms with Gasteiger partial charge in [-0.15, -0.1) is 0 Å². The van der Waals surface area contributed by atoms with E-state index in [1.165, 1.54) is 244 Å². The highest BCUT2D eigenvalue weighted by Gasteiger charge is 2.52. The Balaban J connectivity index is 0.000000131. The van der Waals surface area contributed by atoms with Crippen LogP contribution >= 0.6 is 0 Å². The third-order valence-electron chi connectivity index (χ3n) is 39.5. The largest absolute Gasteiger partial charge is 0.0649 e. The summed E-state index contributed by atoms with van der Waals surface area (Å²) in [5.74, 6) is 20.3. The van der Waals surface area contributed by atoms with Gasteiger partial charge in [-0.3, -0.25) is 0 Å². The Hall–Kier alpha value is 0. The van der Waals surface area contributed by atoms with Crippen molar-refractivity contribution in [2.75, 3.05) is 0 Å². The summed E-state index contributed by atoms with van der Waals surface area (Å²) in [7, 11) is 0. The second-order valence-corrected chi connectivity index (χ2v) is 52.6. The van der Waals surface area contributed by atoms with Gasteiger partial charge in [0.05, 0.1) is 0 Å². The lowest BCUT2D eigenvalue weighted by molar-refractivity contribution is -0.0545. The molecule has 0 aliphatic heterocycles. The molecule has 0 heteroatoms. The van der Waals surface area contributed by atoms with Gasteiger partial charge in [-0.05, 0) is 435 Å². The van der Waals surface area contributed by atoms with E-state index in [2.05, 4.69) is 159 Å². The summed E-state index contributed by atoms with van der Waals surface area (Å²) in [5, 5.41) is 0. The Labute approximate surface area is 692 Å². The standard InChI is InChI=1S/C16H30.C14H26.C12H20.C12H22.2C11H20.2C10H18.C9H16.C5H12/c1-13-6-8-16(9-7-13)11-14(2,3)10-15(4,5)12-16;1-12-4-6-14(7-5-12)10-8-13(2,3)9-11-14;1-2-12-6-9-3-10(7-12)5-11(4-9)8-12;1-11-5-9-12(10-6-11)7-3-2-4-8-12;1-8-9-4-6-10(7-5-9)11(8,2)3;1-10-4-8-11(9-5-10)6-2-3-7-11;1-8-7-9-3-5-10(8,2)6-4-9;1-7-8(2)10-5-3-9(7)4-6-10;1-7-6-8-2-4-9(7)5-3-8;1-5(2,3)4/h13H,6-12H2,1-5H3;12H,4-11H2,1-3H3;9-11H,2-8H2,1H3;11H,2-10H2,1H3;8-10H,4-7H2,1-3H3;10H,2-9H2,1H3;8-9H,3-7H2,1-2H3;7-10H,3-6H2,1-2H3;7-9H,2-6H2,1H3;1-4H3/t;;;;8-,9?,10?;;8-,9?,10?;7-,8?,9?,10?;7-,8?,9?;/m....1.000./s1. The number of hydrogen-bond acceptors (Lipinski definition) is 0. The third kappa shape index (κ3) is 26.3. The lowest BCUT2D eigenvalue weighted by atomic mass is 9.49. The quantitative estimate of drug-likeness (QED) is 0.245. The Morgan fingerprint density at radius 2 is 0.618 bits per heavy atom. The summed E-state index contributed by atoms with van der Waals surface area (Å²) in [4.78, 5) is 0. The molecule has 110 heavy (non-hydrogen) atoms. The van der Waals surface area contributed by atoms with Crippen molar-refractivity contribution in [3.05, 3.63) is 0 Å². The molecule has 0 amide bonds. The topological polar surface area (TPSA) is 0 Å². The summed E-state index contributed by atoms with van der Waals surface area (Å²) in [5.41, 5.74) is 7.72. The molecule has 0 saturated heterocycles. The van der Waals surface area contributed by atoms with Gasteiger partial charge in [0.25, 0.3) is 0 Å². The van der Waals surface area contributed by atoms with E-state index in [4.69, 9.17) is 0 Å². The van der Waals surface area contributed by atoms with Gasteiger partial charge in [0, 0.05) is 0 Å². The Bertz CT molecular complexity index is 2480. The molecule has 0 N–H and O–H groups in total. The van der Waals surface area contributed by atoms with E-state index < -0.39 is 0 Å². The van der Waals surface area contributed by atoms with Gasteiger partial charge >= 0.3 is 0 Å². The van der Waals surface area contributed by atoms with Crippen LogP contribution in [0.3, 0.4) is 0 Å². The van der Waals surface area contributed by atoms with Crippen molar-refractivity contribution in [3.8, 4) is 0 Å². The van der Waals surface area contributed by atoms with Crippen LogP contribution < -0.4 is 0 Å². The van der Waals surface area contributed by atoms with Crippen LogP contribution in [0, 0.1) is 172 Å². The summed E-state index contributed by atoms with van der Waals surface area (Å²) in [6, 6.07) is 0. The Morgan fingerprint density at radius 1 is 0.282 bits per heavy atom. The molecule has 24 rings (SSSR count). The molecule has 24 saturated carbocycles. The zero-order chi connectivity index (χ0) is 79.8. The SMILES string of the molecule is CC(C)(C)C.CC1C2CCC(CC2)[C@H]1C.CC1CCC2(CC1)CC(C)(C)CC(C)(C)C2.CC1CCC2(CC1)CCC(C)(C)CC2.CC1CCC2(CCCC2)CC1.CC1CCC2(CCCCC2)CC1.CCC12CC3CC(CC(C3)C1)C2.C[C@@H]1C2CCC(CC2)C1(C)C.C[C@H]1CC2CCC1(C)CC2.C[C@H]1CC2CCC1CC2. The van der Waals surface area contributed by atoms with Crippen LogP contribution in [0.5, 0.6) is 0 Å². The van der Waals surface area contributed by atoms with E-state index in [1.54, 1.807) is 122 Å². The van der Waals surface area contributed by atoms with Gasteiger partial charge in [0.15, 0.2) is 0 Å². The first-order valence-corrected chi connectivity index (χ1v) is 51.6. The second-order valence-electron chi connectivity index (χ2n) is 52.6. The second kappa shape index (κ2) is 39.2. The zero-order valence-electron chi connectivity index (χ0n) is 79.8. The fraction of sp³-hybridized carbons (Fsp3) is 1.00. The van der Waals surface area contributed by atoms with Crippen LogP contribution in [0.15, 0.2) is 0 Å². The highest BCUT2D eigenvalue weighted by molar-refractivity contribution is 5.03. The molecule has 0 aromatic rings. The molecule has 12 bridgehead atoms. The summed E-state index contributed by atoms with van der Waals surface area (Å²) in [6.45, 7) is 55.5. The normalized spacial score (nSPS) is 41.0. The minimum absolute atomic E-state index is 0.500. The fourth-order valence-corrected chi connectivity index (χ4v) is 31.4. The summed E-state index contributed by atoms with van der Waals surface area (Å²) >= 11 is 0. The van der Waals surface area contributed by atoms with Crippen LogP contribution in [-0.4, -0.2) is 0 Å². The molecule has 24 aliphatic carbocycles. The number of hydrogen-bond donors (Lipinski definition) is 0. The van der Waals surface area contributed by atoms with Crippen molar-refractivity contribution < 1.29 is 0 Å². The lowest BCUT2D eigenvalue weighted by Crippen LogP contribution is -2.45. The van der Waals surface area contributed by atoms with Crippen molar-refractivity contribution >= 4 is 0 Å². The maximum atomic E-state index is 2.49. The molecule has 0 aromatic heterocycles. The average molecular weight is 1520 g/mol. The molecule has 4 spiro atoms. The van der Waals surface area contributed by atoms with E-state index in [0.717, 1.165) is 140 Å². The molecule has 0 radical (unpaired) electrons. The predicted octanol–water partition coefficient (Wildman–Crippen LogP) is 36.4. The molecule has 0 nitrogen and oxygen atoms in total. The van der Waals surface area contributed by atoms with Crippen molar-refractivity contribution in [3.63, 3.8) is 0 Å². The zero-order valence-corrected chi connectivity index (χ0v) is 79.8. The minimum atomic E-state index is 0.500. The fourth-order valence-electron chi connectivity index (χ4n) is 31.4. The van der Waals surface area contributed by atoms with Crippen molar-refractivity contribution in [2.45, 2.75) is 525 Å². The van der Waals surface area contributed by atoms with Crippen LogP contribution in [0.4, 0.5) is 0 Å². The first kappa shape index (κ1) is 92.3. The molecule has 0 aromatic carbocycles. The smallest absolute Gasteiger partial charge is 0.0287 e. The van der Waals surface area contributed by atoms with E-state index in [0.29, 0.717) is 32.5 Å². The van der Waals surface area contributed by atoms with Crippen molar-refractivity contribution in [2.24, 2.45) is 172 Å². The Morgan fingerprint density at radius 3 is 0.900 bits per heavy atom. The first-order chi connectivity index (χ1) is 51.6. The molecule has 0 heterocycles. The van der Waals surface area contributed by atoms with Gasteiger partial charge in [0.2, 0.25) is 0 Å². The van der Waals surface area contributed by atoms with Crippen LogP contribution in [0.1, 0.15) is 525 Å². The van der Waals surface area contributed by atoms with Gasteiger partial charge < -0.3 is 0 Å². The van der Waals surface area contributed by atoms with Gasteiger partial charge in [-0.2, -0.15) is 0 Å². The molecule has 5 atom stereocenters.